The summed E-state index contributed by atoms with van der Waals surface area (Å²) < 4.78 is 14.6. The van der Waals surface area contributed by atoms with Gasteiger partial charge in [0.05, 0.1) is 6.20 Å². The Hall–Kier alpha value is -4.54. The van der Waals surface area contributed by atoms with Gasteiger partial charge >= 0.3 is 5.97 Å². The Morgan fingerprint density at radius 2 is 1.89 bits per heavy atom. The fourth-order valence-electron chi connectivity index (χ4n) is 3.71. The Morgan fingerprint density at radius 1 is 1.11 bits per heavy atom. The van der Waals surface area contributed by atoms with Crippen LogP contribution in [0.1, 0.15) is 27.3 Å². The maximum Gasteiger partial charge on any atom is 0.356 e. The highest BCUT2D eigenvalue weighted by molar-refractivity contribution is 5.94. The van der Waals surface area contributed by atoms with Crippen molar-refractivity contribution in [1.82, 2.24) is 24.5 Å². The molecule has 0 spiro atoms. The standard InChI is InChI=1S/C18H18N6O4.C6H5F/c1-22-7-2-3-12(17(22)26)16(25)20-11-6-8-23(10-11)15-5-4-14-19-9-13(18(27)28)24(14)21-15;7-6-4-2-1-3-5-6/h2-5,7,9,11H,6,8,10H2,1H3,(H,20,25)(H,27,28);1-5H/t11-;/m0./s1. The Balaban J connectivity index is 0.000000356. The average Bonchev–Trinajstić information content (AvgIpc) is 3.48. The van der Waals surface area contributed by atoms with Gasteiger partial charge in [-0.05, 0) is 42.8 Å². The molecule has 5 rings (SSSR count). The Kier molecular flexibility index (Phi) is 6.86. The molecule has 1 atom stereocenters. The number of rotatable bonds is 4. The molecule has 1 saturated heterocycles. The third-order valence-corrected chi connectivity index (χ3v) is 5.52. The number of carboxylic acid groups (broad SMARTS) is 1. The van der Waals surface area contributed by atoms with E-state index in [4.69, 9.17) is 0 Å². The molecule has 1 fully saturated rings. The first kappa shape index (κ1) is 23.6. The molecule has 10 nitrogen and oxygen atoms in total. The maximum atomic E-state index is 12.4. The summed E-state index contributed by atoms with van der Waals surface area (Å²) in [6.07, 6.45) is 3.55. The molecule has 4 heterocycles. The van der Waals surface area contributed by atoms with Gasteiger partial charge in [-0.15, -0.1) is 5.10 Å². The van der Waals surface area contributed by atoms with Crippen molar-refractivity contribution in [2.45, 2.75) is 12.5 Å². The third kappa shape index (κ3) is 5.35. The highest BCUT2D eigenvalue weighted by Gasteiger charge is 2.26. The third-order valence-electron chi connectivity index (χ3n) is 5.52. The summed E-state index contributed by atoms with van der Waals surface area (Å²) in [5, 5.41) is 16.5. The number of nitrogens with one attached hydrogen (secondary N) is 1. The number of aromatic nitrogens is 4. The topological polar surface area (TPSA) is 122 Å². The number of carboxylic acids is 1. The lowest BCUT2D eigenvalue weighted by molar-refractivity contribution is 0.0687. The van der Waals surface area contributed by atoms with Crippen molar-refractivity contribution in [2.24, 2.45) is 7.05 Å². The van der Waals surface area contributed by atoms with Crippen LogP contribution < -0.4 is 15.8 Å². The fraction of sp³-hybridized carbons (Fsp3) is 0.208. The van der Waals surface area contributed by atoms with E-state index in [1.165, 1.54) is 33.5 Å². The zero-order valence-corrected chi connectivity index (χ0v) is 18.8. The number of hydrogen-bond donors (Lipinski definition) is 2. The number of carbonyl (C=O) groups is 2. The van der Waals surface area contributed by atoms with Crippen LogP contribution in [0.15, 0.2) is 71.8 Å². The summed E-state index contributed by atoms with van der Waals surface area (Å²) >= 11 is 0. The molecule has 2 N–H and O–H groups in total. The maximum absolute atomic E-state index is 12.4. The number of benzene rings is 1. The first-order valence-electron chi connectivity index (χ1n) is 10.8. The summed E-state index contributed by atoms with van der Waals surface area (Å²) in [5.41, 5.74) is 0.196. The van der Waals surface area contributed by atoms with Gasteiger partial charge in [-0.1, -0.05) is 18.2 Å². The van der Waals surface area contributed by atoms with Gasteiger partial charge in [0.2, 0.25) is 0 Å². The number of fused-ring (bicyclic) bond motifs is 1. The predicted octanol–water partition coefficient (Wildman–Crippen LogP) is 1.96. The molecule has 0 saturated carbocycles. The highest BCUT2D eigenvalue weighted by Crippen LogP contribution is 2.19. The van der Waals surface area contributed by atoms with Crippen LogP contribution >= 0.6 is 0 Å². The largest absolute Gasteiger partial charge is 0.476 e. The second kappa shape index (κ2) is 10.2. The van der Waals surface area contributed by atoms with Gasteiger partial charge in [-0.25, -0.2) is 18.7 Å². The van der Waals surface area contributed by atoms with Crippen LogP contribution in [0.4, 0.5) is 10.2 Å². The van der Waals surface area contributed by atoms with E-state index in [0.717, 1.165) is 0 Å². The van der Waals surface area contributed by atoms with Crippen LogP contribution in [0.5, 0.6) is 0 Å². The van der Waals surface area contributed by atoms with E-state index in [0.29, 0.717) is 31.0 Å². The van der Waals surface area contributed by atoms with E-state index in [1.807, 2.05) is 4.90 Å². The van der Waals surface area contributed by atoms with Crippen LogP contribution in [0, 0.1) is 5.82 Å². The molecule has 11 heteroatoms. The molecule has 3 aromatic heterocycles. The van der Waals surface area contributed by atoms with E-state index >= 15 is 0 Å². The average molecular weight is 478 g/mol. The van der Waals surface area contributed by atoms with Gasteiger partial charge in [0.1, 0.15) is 17.2 Å². The second-order valence-corrected chi connectivity index (χ2v) is 7.95. The van der Waals surface area contributed by atoms with E-state index in [-0.39, 0.29) is 28.7 Å². The van der Waals surface area contributed by atoms with Crippen molar-refractivity contribution >= 4 is 23.3 Å². The van der Waals surface area contributed by atoms with Crippen LogP contribution in [0.3, 0.4) is 0 Å². The van der Waals surface area contributed by atoms with Gasteiger partial charge in [-0.2, -0.15) is 0 Å². The molecule has 1 amide bonds. The molecule has 0 bridgehead atoms. The number of pyridine rings is 1. The van der Waals surface area contributed by atoms with Gasteiger partial charge < -0.3 is 19.9 Å². The zero-order chi connectivity index (χ0) is 24.9. The van der Waals surface area contributed by atoms with Crippen LogP contribution in [-0.4, -0.2) is 55.3 Å². The van der Waals surface area contributed by atoms with Crippen molar-refractivity contribution in [1.29, 1.82) is 0 Å². The number of anilines is 1. The quantitative estimate of drug-likeness (QED) is 0.460. The van der Waals surface area contributed by atoms with E-state index in [2.05, 4.69) is 15.4 Å². The molecule has 180 valence electrons. The van der Waals surface area contributed by atoms with Crippen molar-refractivity contribution in [3.05, 3.63) is 94.4 Å². The Morgan fingerprint density at radius 3 is 2.57 bits per heavy atom. The number of imidazole rings is 1. The number of aryl methyl sites for hydroxylation is 1. The Labute approximate surface area is 199 Å². The number of hydrogen-bond acceptors (Lipinski definition) is 6. The van der Waals surface area contributed by atoms with Crippen molar-refractivity contribution in [2.75, 3.05) is 18.0 Å². The molecule has 1 aliphatic heterocycles. The normalized spacial score (nSPS) is 14.9. The minimum Gasteiger partial charge on any atom is -0.476 e. The molecule has 35 heavy (non-hydrogen) atoms. The lowest BCUT2D eigenvalue weighted by Crippen LogP contribution is -2.40. The molecule has 4 aromatic rings. The highest BCUT2D eigenvalue weighted by atomic mass is 19.1. The minimum atomic E-state index is -1.10. The molecular formula is C24H23FN6O4. The number of aromatic carboxylic acids is 1. The summed E-state index contributed by atoms with van der Waals surface area (Å²) in [6.45, 7) is 1.15. The summed E-state index contributed by atoms with van der Waals surface area (Å²) in [7, 11) is 1.60. The smallest absolute Gasteiger partial charge is 0.356 e. The van der Waals surface area contributed by atoms with E-state index in [9.17, 15) is 23.9 Å². The molecule has 1 aliphatic rings. The van der Waals surface area contributed by atoms with Crippen molar-refractivity contribution in [3.63, 3.8) is 0 Å². The van der Waals surface area contributed by atoms with Crippen LogP contribution in [-0.2, 0) is 7.05 Å². The van der Waals surface area contributed by atoms with Crippen LogP contribution in [0.2, 0.25) is 0 Å². The molecule has 0 aliphatic carbocycles. The lowest BCUT2D eigenvalue weighted by atomic mass is 10.2. The number of nitrogens with zero attached hydrogens (tertiary/aromatic N) is 5. The van der Waals surface area contributed by atoms with Crippen molar-refractivity contribution in [3.8, 4) is 0 Å². The summed E-state index contributed by atoms with van der Waals surface area (Å²) in [5.74, 6) is -1.09. The molecule has 0 radical (unpaired) electrons. The van der Waals surface area contributed by atoms with E-state index in [1.54, 1.807) is 49.6 Å². The lowest BCUT2D eigenvalue weighted by Gasteiger charge is -2.18. The fourth-order valence-corrected chi connectivity index (χ4v) is 3.71. The number of halogens is 1. The monoisotopic (exact) mass is 478 g/mol. The first-order chi connectivity index (χ1) is 16.8. The minimum absolute atomic E-state index is 0.0131. The number of amides is 1. The van der Waals surface area contributed by atoms with Crippen molar-refractivity contribution < 1.29 is 19.1 Å². The molecule has 0 unspecified atom stereocenters. The summed E-state index contributed by atoms with van der Waals surface area (Å²) in [6, 6.07) is 14.4. The molecule has 1 aromatic carbocycles. The SMILES string of the molecule is Cn1cccc(C(=O)N[C@H]2CCN(c3ccc4ncc(C(=O)O)n4n3)C2)c1=O.Fc1ccccc1. The summed E-state index contributed by atoms with van der Waals surface area (Å²) in [4.78, 5) is 41.8. The van der Waals surface area contributed by atoms with Gasteiger partial charge in [0.15, 0.2) is 11.3 Å². The van der Waals surface area contributed by atoms with Crippen LogP contribution in [0.25, 0.3) is 5.65 Å². The first-order valence-corrected chi connectivity index (χ1v) is 10.8. The van der Waals surface area contributed by atoms with Gasteiger partial charge in [0, 0.05) is 32.4 Å². The second-order valence-electron chi connectivity index (χ2n) is 7.95. The predicted molar refractivity (Wildman–Crippen MR) is 126 cm³/mol. The Bertz CT molecular complexity index is 1420. The van der Waals surface area contributed by atoms with E-state index < -0.39 is 11.9 Å². The molecular weight excluding hydrogens is 455 g/mol. The number of carbonyl (C=O) groups excluding carboxylic acids is 1. The zero-order valence-electron chi connectivity index (χ0n) is 18.8. The van der Waals surface area contributed by atoms with Gasteiger partial charge in [0.25, 0.3) is 11.5 Å². The van der Waals surface area contributed by atoms with Gasteiger partial charge in [-0.3, -0.25) is 9.59 Å².